The summed E-state index contributed by atoms with van der Waals surface area (Å²) < 4.78 is 11.9. The molecule has 2 aromatic rings. The van der Waals surface area contributed by atoms with E-state index in [1.54, 1.807) is 6.07 Å². The zero-order chi connectivity index (χ0) is 17.9. The van der Waals surface area contributed by atoms with E-state index in [2.05, 4.69) is 15.3 Å². The Morgan fingerprint density at radius 1 is 1.38 bits per heavy atom. The van der Waals surface area contributed by atoms with Gasteiger partial charge in [-0.1, -0.05) is 12.1 Å². The molecule has 1 aromatic heterocycles. The number of nitrogens with two attached hydrogens (primary N) is 1. The zero-order valence-electron chi connectivity index (χ0n) is 13.6. The van der Waals surface area contributed by atoms with Gasteiger partial charge in [-0.15, -0.1) is 0 Å². The monoisotopic (exact) mass is 349 g/mol. The lowest BCUT2D eigenvalue weighted by molar-refractivity contribution is -0.384. The van der Waals surface area contributed by atoms with Crippen molar-refractivity contribution in [2.24, 2.45) is 0 Å². The number of benzene rings is 1. The highest BCUT2D eigenvalue weighted by molar-refractivity contribution is 7.85. The van der Waals surface area contributed by atoms with Crippen molar-refractivity contribution in [1.82, 2.24) is 9.97 Å². The van der Waals surface area contributed by atoms with Crippen LogP contribution in [0.4, 0.5) is 23.1 Å². The molecule has 128 valence electrons. The van der Waals surface area contributed by atoms with E-state index in [0.717, 1.165) is 11.8 Å². The SMILES string of the molecule is CC(C)(C)[S@@](=O)Cc1cccc(Nc2ncc([N+](=O)[O-])c(N)n2)c1. The molecule has 1 aromatic carbocycles. The van der Waals surface area contributed by atoms with Crippen LogP contribution in [0.5, 0.6) is 0 Å². The second kappa shape index (κ2) is 6.91. The summed E-state index contributed by atoms with van der Waals surface area (Å²) in [6.45, 7) is 5.79. The average molecular weight is 349 g/mol. The van der Waals surface area contributed by atoms with Crippen molar-refractivity contribution in [2.75, 3.05) is 11.1 Å². The first-order valence-corrected chi connectivity index (χ1v) is 8.50. The highest BCUT2D eigenvalue weighted by Crippen LogP contribution is 2.22. The molecule has 24 heavy (non-hydrogen) atoms. The molecule has 0 aliphatic heterocycles. The van der Waals surface area contributed by atoms with E-state index in [1.807, 2.05) is 39.0 Å². The fourth-order valence-corrected chi connectivity index (χ4v) is 2.74. The maximum Gasteiger partial charge on any atom is 0.329 e. The summed E-state index contributed by atoms with van der Waals surface area (Å²) in [5.74, 6) is 0.386. The Balaban J connectivity index is 2.16. The molecular weight excluding hydrogens is 330 g/mol. The third kappa shape index (κ3) is 4.48. The minimum absolute atomic E-state index is 0.159. The first-order chi connectivity index (χ1) is 11.2. The summed E-state index contributed by atoms with van der Waals surface area (Å²) >= 11 is 0. The van der Waals surface area contributed by atoms with Crippen LogP contribution in [0.15, 0.2) is 30.5 Å². The number of nitrogens with zero attached hydrogens (tertiary/aromatic N) is 3. The molecule has 0 amide bonds. The molecule has 3 N–H and O–H groups in total. The molecule has 1 heterocycles. The van der Waals surface area contributed by atoms with Crippen LogP contribution in [0.25, 0.3) is 0 Å². The van der Waals surface area contributed by atoms with Crippen LogP contribution in [0.3, 0.4) is 0 Å². The molecule has 1 atom stereocenters. The van der Waals surface area contributed by atoms with Crippen molar-refractivity contribution in [2.45, 2.75) is 31.3 Å². The molecule has 0 spiro atoms. The van der Waals surface area contributed by atoms with E-state index in [9.17, 15) is 14.3 Å². The summed E-state index contributed by atoms with van der Waals surface area (Å²) in [5.41, 5.74) is 6.80. The van der Waals surface area contributed by atoms with E-state index in [4.69, 9.17) is 5.73 Å². The largest absolute Gasteiger partial charge is 0.378 e. The molecule has 0 unspecified atom stereocenters. The second-order valence-electron chi connectivity index (χ2n) is 6.15. The van der Waals surface area contributed by atoms with Crippen LogP contribution in [0, 0.1) is 10.1 Å². The van der Waals surface area contributed by atoms with E-state index in [-0.39, 0.29) is 22.2 Å². The summed E-state index contributed by atoms with van der Waals surface area (Å²) in [4.78, 5) is 17.8. The quantitative estimate of drug-likeness (QED) is 0.628. The Labute approximate surface area is 142 Å². The fraction of sp³-hybridized carbons (Fsp3) is 0.333. The van der Waals surface area contributed by atoms with Crippen molar-refractivity contribution in [1.29, 1.82) is 0 Å². The molecule has 0 radical (unpaired) electrons. The van der Waals surface area contributed by atoms with Gasteiger partial charge in [0.25, 0.3) is 0 Å². The fourth-order valence-electron chi connectivity index (χ4n) is 1.83. The van der Waals surface area contributed by atoms with Gasteiger partial charge in [-0.2, -0.15) is 4.98 Å². The number of nitro groups is 1. The van der Waals surface area contributed by atoms with Crippen molar-refractivity contribution in [3.8, 4) is 0 Å². The molecule has 2 rings (SSSR count). The van der Waals surface area contributed by atoms with Crippen LogP contribution >= 0.6 is 0 Å². The number of hydrogen-bond donors (Lipinski definition) is 2. The van der Waals surface area contributed by atoms with Gasteiger partial charge in [0.15, 0.2) is 0 Å². The number of aromatic nitrogens is 2. The van der Waals surface area contributed by atoms with Crippen LogP contribution < -0.4 is 11.1 Å². The molecule has 0 saturated heterocycles. The minimum atomic E-state index is -1.01. The third-order valence-electron chi connectivity index (χ3n) is 3.16. The Bertz CT molecular complexity index is 789. The number of nitrogens with one attached hydrogen (secondary N) is 1. The molecule has 0 saturated carbocycles. The smallest absolute Gasteiger partial charge is 0.329 e. The van der Waals surface area contributed by atoms with Crippen LogP contribution in [-0.2, 0) is 16.6 Å². The van der Waals surface area contributed by atoms with Crippen LogP contribution in [0.2, 0.25) is 0 Å². The highest BCUT2D eigenvalue weighted by atomic mass is 32.2. The van der Waals surface area contributed by atoms with Gasteiger partial charge in [0.05, 0.1) is 4.92 Å². The second-order valence-corrected chi connectivity index (χ2v) is 8.35. The van der Waals surface area contributed by atoms with E-state index >= 15 is 0 Å². The van der Waals surface area contributed by atoms with E-state index in [0.29, 0.717) is 11.4 Å². The Hall–Kier alpha value is -2.55. The standard InChI is InChI=1S/C15H19N5O3S/c1-15(2,3)24(23)9-10-5-4-6-11(7-10)18-14-17-8-12(20(21)22)13(16)19-14/h4-8H,9H2,1-3H3,(H3,16,17,18,19)/t24-/m0/s1. The Morgan fingerprint density at radius 2 is 2.08 bits per heavy atom. The van der Waals surface area contributed by atoms with Gasteiger partial charge in [0.2, 0.25) is 11.8 Å². The summed E-state index contributed by atoms with van der Waals surface area (Å²) in [6, 6.07) is 7.35. The van der Waals surface area contributed by atoms with Crippen molar-refractivity contribution in [3.05, 3.63) is 46.1 Å². The zero-order valence-corrected chi connectivity index (χ0v) is 14.5. The van der Waals surface area contributed by atoms with E-state index in [1.165, 1.54) is 0 Å². The number of hydrogen-bond acceptors (Lipinski definition) is 7. The van der Waals surface area contributed by atoms with Crippen LogP contribution in [-0.4, -0.2) is 23.8 Å². The van der Waals surface area contributed by atoms with Gasteiger partial charge in [0.1, 0.15) is 6.20 Å². The first kappa shape index (κ1) is 17.8. The number of nitrogen functional groups attached to an aromatic ring is 1. The van der Waals surface area contributed by atoms with Crippen molar-refractivity contribution >= 4 is 33.9 Å². The molecule has 0 bridgehead atoms. The summed E-state index contributed by atoms with van der Waals surface area (Å²) in [6.07, 6.45) is 1.06. The molecule has 0 fully saturated rings. The maximum absolute atomic E-state index is 12.2. The predicted molar refractivity (Wildman–Crippen MR) is 94.4 cm³/mol. The van der Waals surface area contributed by atoms with Gasteiger partial charge >= 0.3 is 5.69 Å². The van der Waals surface area contributed by atoms with Gasteiger partial charge in [-0.05, 0) is 38.5 Å². The lowest BCUT2D eigenvalue weighted by Gasteiger charge is -2.18. The highest BCUT2D eigenvalue weighted by Gasteiger charge is 2.19. The molecule has 0 aliphatic carbocycles. The first-order valence-electron chi connectivity index (χ1n) is 7.18. The predicted octanol–water partition coefficient (Wildman–Crippen LogP) is 2.76. The average Bonchev–Trinajstić information content (AvgIpc) is 2.46. The summed E-state index contributed by atoms with van der Waals surface area (Å²) in [7, 11) is -1.01. The van der Waals surface area contributed by atoms with Gasteiger partial charge in [-0.3, -0.25) is 14.3 Å². The number of rotatable bonds is 5. The topological polar surface area (TPSA) is 124 Å². The lowest BCUT2D eigenvalue weighted by atomic mass is 10.2. The lowest BCUT2D eigenvalue weighted by Crippen LogP contribution is -2.22. The third-order valence-corrected chi connectivity index (χ3v) is 5.12. The molecule has 9 heteroatoms. The molecule has 8 nitrogen and oxygen atoms in total. The minimum Gasteiger partial charge on any atom is -0.378 e. The van der Waals surface area contributed by atoms with Crippen molar-refractivity contribution < 1.29 is 9.13 Å². The Kier molecular flexibility index (Phi) is 5.13. The van der Waals surface area contributed by atoms with Gasteiger partial charge in [0, 0.05) is 27.0 Å². The molecular formula is C15H19N5O3S. The van der Waals surface area contributed by atoms with Crippen molar-refractivity contribution in [3.63, 3.8) is 0 Å². The number of anilines is 3. The van der Waals surface area contributed by atoms with E-state index < -0.39 is 15.7 Å². The van der Waals surface area contributed by atoms with Crippen LogP contribution in [0.1, 0.15) is 26.3 Å². The normalized spacial score (nSPS) is 12.6. The van der Waals surface area contributed by atoms with Gasteiger partial charge < -0.3 is 11.1 Å². The Morgan fingerprint density at radius 3 is 2.67 bits per heavy atom. The maximum atomic E-state index is 12.2. The molecule has 0 aliphatic rings. The van der Waals surface area contributed by atoms with Gasteiger partial charge in [-0.25, -0.2) is 4.98 Å². The summed E-state index contributed by atoms with van der Waals surface area (Å²) in [5, 5.41) is 13.7.